The maximum absolute atomic E-state index is 6.52. The van der Waals surface area contributed by atoms with E-state index in [1.807, 2.05) is 60.2 Å². The van der Waals surface area contributed by atoms with E-state index in [4.69, 9.17) is 39.8 Å². The van der Waals surface area contributed by atoms with Crippen molar-refractivity contribution in [2.75, 3.05) is 59.5 Å². The van der Waals surface area contributed by atoms with E-state index in [1.54, 1.807) is 0 Å². The molecular weight excluding hydrogens is 1110 g/mol. The van der Waals surface area contributed by atoms with Crippen molar-refractivity contribution >= 4 is 143 Å². The van der Waals surface area contributed by atoms with Crippen LogP contribution in [0.2, 0.25) is 0 Å². The zero-order valence-corrected chi connectivity index (χ0v) is 53.8. The Bertz CT molecular complexity index is 1190. The van der Waals surface area contributed by atoms with Gasteiger partial charge in [0.1, 0.15) is 0 Å². The van der Waals surface area contributed by atoms with Crippen LogP contribution in [0, 0.1) is 35.5 Å². The van der Waals surface area contributed by atoms with Gasteiger partial charge < -0.3 is 39.8 Å². The molecule has 6 rings (SSSR count). The van der Waals surface area contributed by atoms with Crippen molar-refractivity contribution in [3.05, 3.63) is 0 Å². The van der Waals surface area contributed by atoms with Gasteiger partial charge >= 0.3 is 23.9 Å². The minimum Gasteiger partial charge on any atom is -0.365 e. The van der Waals surface area contributed by atoms with Gasteiger partial charge in [-0.2, -0.15) is 29.8 Å². The fourth-order valence-electron chi connectivity index (χ4n) is 11.6. The molecule has 0 heterocycles. The summed E-state index contributed by atoms with van der Waals surface area (Å²) < 4.78 is 58.8. The maximum atomic E-state index is 6.52. The lowest BCUT2D eigenvalue weighted by atomic mass is 10.0. The minimum absolute atomic E-state index is 0.154. The Hall–Kier alpha value is 4.49. The highest BCUT2D eigenvalue weighted by Crippen LogP contribution is 2.90. The lowest BCUT2D eigenvalue weighted by Gasteiger charge is -2.60. The molecule has 0 aromatic carbocycles. The van der Waals surface area contributed by atoms with Crippen molar-refractivity contribution in [3.8, 4) is 0 Å². The van der Waals surface area contributed by atoms with Crippen LogP contribution in [0.3, 0.4) is 0 Å². The van der Waals surface area contributed by atoms with Crippen molar-refractivity contribution in [2.45, 2.75) is 165 Å². The van der Waals surface area contributed by atoms with Crippen molar-refractivity contribution < 1.29 is 39.8 Å². The summed E-state index contributed by atoms with van der Waals surface area (Å²) in [6, 6.07) is 0. The van der Waals surface area contributed by atoms with Gasteiger partial charge in [-0.15, -0.1) is 0 Å². The largest absolute Gasteiger partial charge is 0.585 e. The maximum Gasteiger partial charge on any atom is 0.585 e. The van der Waals surface area contributed by atoms with E-state index in [0.29, 0.717) is 59.5 Å². The molecule has 0 aromatic rings. The monoisotopic (exact) mass is 1190 g/mol. The van der Waals surface area contributed by atoms with Gasteiger partial charge in [-0.05, 0) is 252 Å². The van der Waals surface area contributed by atoms with Crippen LogP contribution < -0.4 is 0 Å². The zero-order chi connectivity index (χ0) is 46.5. The Morgan fingerprint density at radius 1 is 0.369 bits per heavy atom. The summed E-state index contributed by atoms with van der Waals surface area (Å²) in [7, 11) is 7.82. The van der Waals surface area contributed by atoms with E-state index >= 15 is 0 Å². The second kappa shape index (κ2) is 29.1. The van der Waals surface area contributed by atoms with Gasteiger partial charge in [0, 0.05) is 75.2 Å². The normalized spacial score (nSPS) is 31.8. The Kier molecular flexibility index (Phi) is 26.3. The van der Waals surface area contributed by atoms with E-state index in [-0.39, 0.29) is 3.41 Å². The summed E-state index contributed by atoms with van der Waals surface area (Å²) in [5, 5.41) is 2.26. The lowest BCUT2D eigenvalue weighted by molar-refractivity contribution is 0.0963. The summed E-state index contributed by atoms with van der Waals surface area (Å²) in [5.74, 6) is 5.11. The number of hydrogen-bond acceptors (Lipinski definition) is 18. The van der Waals surface area contributed by atoms with Gasteiger partial charge in [-0.1, -0.05) is 19.3 Å². The first-order chi connectivity index (χ1) is 31.5. The fraction of sp³-hybridized carbons (Fsp3) is 1.00. The summed E-state index contributed by atoms with van der Waals surface area (Å²) in [6.45, 7) is 27.0. The molecule has 6 fully saturated rings. The number of rotatable bonds is 36. The SMILES string of the molecule is CCO[Si](OCC)(OCC)SSS[SH](C1CC2CCC1C2)C(C)([SH](SSS[Si](OCC)(OCC)OCC)C1CC2CCC1C2)[SH](SSS[Si](OCC)(OCC)OCC)C1CC2CCC1C2. The molecule has 12 atom stereocenters. The molecule has 0 spiro atoms. The third-order valence-corrected chi connectivity index (χ3v) is 70.8. The third-order valence-electron chi connectivity index (χ3n) is 13.9. The van der Waals surface area contributed by atoms with E-state index in [2.05, 4.69) is 98.7 Å². The summed E-state index contributed by atoms with van der Waals surface area (Å²) >= 11 is 0. The highest BCUT2D eigenvalue weighted by Gasteiger charge is 2.60. The molecular formula is C41H84O9S12Si3. The molecule has 0 amide bonds. The third kappa shape index (κ3) is 14.9. The number of hydrogen-bond donors (Lipinski definition) is 3. The molecule has 6 bridgehead atoms. The van der Waals surface area contributed by atoms with Gasteiger partial charge in [0.15, 0.2) is 0 Å². The quantitative estimate of drug-likeness (QED) is 0.0316. The van der Waals surface area contributed by atoms with Crippen LogP contribution in [-0.4, -0.2) is 102 Å². The van der Waals surface area contributed by atoms with Crippen LogP contribution >= 0.6 is 119 Å². The van der Waals surface area contributed by atoms with Crippen molar-refractivity contribution in [1.29, 1.82) is 0 Å². The average molecular weight is 1190 g/mol. The average Bonchev–Trinajstić information content (AvgIpc) is 4.17. The number of fused-ring (bicyclic) bond motifs is 6. The molecule has 0 aromatic heterocycles. The molecule has 6 aliphatic carbocycles. The molecule has 12 unspecified atom stereocenters. The molecule has 0 saturated heterocycles. The van der Waals surface area contributed by atoms with Gasteiger partial charge in [-0.3, -0.25) is 0 Å². The van der Waals surface area contributed by atoms with E-state index in [0.717, 1.165) is 51.3 Å². The van der Waals surface area contributed by atoms with Crippen LogP contribution in [0.25, 0.3) is 0 Å². The Morgan fingerprint density at radius 2 is 0.600 bits per heavy atom. The first-order valence-electron chi connectivity index (χ1n) is 24.8. The predicted molar refractivity (Wildman–Crippen MR) is 313 cm³/mol. The predicted octanol–water partition coefficient (Wildman–Crippen LogP) is 15.7. The van der Waals surface area contributed by atoms with Gasteiger partial charge in [0.2, 0.25) is 0 Å². The van der Waals surface area contributed by atoms with Crippen LogP contribution in [0.1, 0.15) is 146 Å². The second-order valence-corrected chi connectivity index (χ2v) is 56.7. The molecule has 0 aliphatic heterocycles. The Morgan fingerprint density at radius 3 is 0.769 bits per heavy atom. The molecule has 386 valence electrons. The highest BCUT2D eigenvalue weighted by molar-refractivity contribution is 9.38. The van der Waals surface area contributed by atoms with E-state index in [9.17, 15) is 0 Å². The zero-order valence-electron chi connectivity index (χ0n) is 40.7. The summed E-state index contributed by atoms with van der Waals surface area (Å²) in [6.07, 6.45) is 17.0. The molecule has 0 radical (unpaired) electrons. The van der Waals surface area contributed by atoms with Crippen LogP contribution in [0.15, 0.2) is 0 Å². The first-order valence-corrected chi connectivity index (χ1v) is 48.6. The molecule has 24 heteroatoms. The summed E-state index contributed by atoms with van der Waals surface area (Å²) in [5.41, 5.74) is 0. The molecule has 6 aliphatic rings. The topological polar surface area (TPSA) is 83.1 Å². The van der Waals surface area contributed by atoms with Gasteiger partial charge in [0.05, 0.1) is 3.41 Å². The Labute approximate surface area is 438 Å². The highest BCUT2D eigenvalue weighted by atomic mass is 33.7. The second-order valence-electron chi connectivity index (χ2n) is 17.7. The van der Waals surface area contributed by atoms with E-state index < -0.39 is 53.6 Å². The van der Waals surface area contributed by atoms with Crippen LogP contribution in [-0.2, 0) is 39.8 Å². The Balaban J connectivity index is 1.47. The fourth-order valence-corrected chi connectivity index (χ4v) is 87.2. The molecule has 65 heavy (non-hydrogen) atoms. The lowest BCUT2D eigenvalue weighted by Crippen LogP contribution is -2.42. The standard InChI is InChI=1S/C41H84O9S12Si3/c1-11-42-63(43-12-2,44-13-3)57-51-54-60(38-29-32-20-23-35(38)26-32)41(10,61(39-30-33-21-24-36(39)27-33)55-52-58-64(45-14-4,46-15-5)47-16-6)62(40-31-34-22-25-37(40)28-34)56-53-59-65(48-17-7,49-18-8)50-19-9/h32-40,60-62H,11-31H2,1-10H3. The van der Waals surface area contributed by atoms with Crippen molar-refractivity contribution in [2.24, 2.45) is 35.5 Å². The smallest absolute Gasteiger partial charge is 0.365 e. The van der Waals surface area contributed by atoms with Crippen molar-refractivity contribution in [1.82, 2.24) is 0 Å². The molecule has 9 nitrogen and oxygen atoms in total. The van der Waals surface area contributed by atoms with Crippen LogP contribution in [0.4, 0.5) is 0 Å². The molecule has 6 saturated carbocycles. The van der Waals surface area contributed by atoms with Gasteiger partial charge in [-0.25, -0.2) is 0 Å². The number of thiol groups is 3. The summed E-state index contributed by atoms with van der Waals surface area (Å²) in [4.78, 5) is 0. The minimum atomic E-state index is -2.96. The van der Waals surface area contributed by atoms with Crippen molar-refractivity contribution in [3.63, 3.8) is 0 Å². The first kappa shape index (κ1) is 58.7. The molecule has 0 N–H and O–H groups in total. The van der Waals surface area contributed by atoms with Crippen LogP contribution in [0.5, 0.6) is 0 Å². The van der Waals surface area contributed by atoms with E-state index in [1.165, 1.54) is 77.0 Å². The van der Waals surface area contributed by atoms with Gasteiger partial charge in [0.25, 0.3) is 0 Å².